The first-order valence-electron chi connectivity index (χ1n) is 6.70. The summed E-state index contributed by atoms with van der Waals surface area (Å²) in [6.07, 6.45) is 0. The molecule has 110 valence electrons. The predicted molar refractivity (Wildman–Crippen MR) is 79.0 cm³/mol. The van der Waals surface area contributed by atoms with Crippen LogP contribution < -0.4 is 5.32 Å². The molecule has 0 spiro atoms. The second-order valence-electron chi connectivity index (χ2n) is 5.32. The number of hydrogen-bond donors (Lipinski definition) is 2. The standard InChI is InChI=1S/C15H22N2O3/c1-10(2)12-5-7-13(8-6-12)16-15(20)17(11(3)4)9-14(18)19/h5-8,10-11H,9H2,1-4H3,(H,16,20)(H,18,19). The van der Waals surface area contributed by atoms with Crippen LogP contribution >= 0.6 is 0 Å². The fourth-order valence-corrected chi connectivity index (χ4v) is 1.78. The molecule has 1 aromatic carbocycles. The molecule has 0 heterocycles. The number of carbonyl (C=O) groups excluding carboxylic acids is 1. The van der Waals surface area contributed by atoms with Crippen LogP contribution in [0.1, 0.15) is 39.2 Å². The molecule has 0 unspecified atom stereocenters. The molecule has 0 bridgehead atoms. The number of nitrogens with zero attached hydrogens (tertiary/aromatic N) is 1. The minimum absolute atomic E-state index is 0.180. The Kier molecular flexibility index (Phi) is 5.55. The summed E-state index contributed by atoms with van der Waals surface area (Å²) in [5.74, 6) is -0.595. The maximum atomic E-state index is 12.1. The van der Waals surface area contributed by atoms with Gasteiger partial charge in [-0.15, -0.1) is 0 Å². The summed E-state index contributed by atoms with van der Waals surface area (Å²) in [4.78, 5) is 24.1. The lowest BCUT2D eigenvalue weighted by Crippen LogP contribution is -2.43. The van der Waals surface area contributed by atoms with Crippen LogP contribution in [0.25, 0.3) is 0 Å². The van der Waals surface area contributed by atoms with E-state index in [-0.39, 0.29) is 12.6 Å². The largest absolute Gasteiger partial charge is 0.480 e. The molecule has 0 aromatic heterocycles. The number of carboxylic acid groups (broad SMARTS) is 1. The maximum absolute atomic E-state index is 12.1. The Bertz CT molecular complexity index is 467. The van der Waals surface area contributed by atoms with Gasteiger partial charge >= 0.3 is 12.0 Å². The van der Waals surface area contributed by atoms with Crippen molar-refractivity contribution in [2.75, 3.05) is 11.9 Å². The lowest BCUT2D eigenvalue weighted by molar-refractivity contribution is -0.137. The molecule has 2 N–H and O–H groups in total. The number of aliphatic carboxylic acids is 1. The van der Waals surface area contributed by atoms with Crippen molar-refractivity contribution in [3.8, 4) is 0 Å². The van der Waals surface area contributed by atoms with Crippen LogP contribution in [-0.4, -0.2) is 34.6 Å². The van der Waals surface area contributed by atoms with Gasteiger partial charge in [0.05, 0.1) is 0 Å². The first-order chi connectivity index (χ1) is 9.31. The highest BCUT2D eigenvalue weighted by molar-refractivity contribution is 5.91. The molecule has 0 saturated heterocycles. The quantitative estimate of drug-likeness (QED) is 0.869. The second kappa shape index (κ2) is 6.93. The second-order valence-corrected chi connectivity index (χ2v) is 5.32. The minimum atomic E-state index is -1.02. The van der Waals surface area contributed by atoms with Crippen LogP contribution in [0.5, 0.6) is 0 Å². The number of amides is 2. The Morgan fingerprint density at radius 3 is 2.10 bits per heavy atom. The van der Waals surface area contributed by atoms with Crippen LogP contribution in [0.4, 0.5) is 10.5 Å². The number of rotatable bonds is 5. The molecule has 5 nitrogen and oxygen atoms in total. The molecule has 0 atom stereocenters. The Hall–Kier alpha value is -2.04. The third-order valence-electron chi connectivity index (χ3n) is 3.02. The average Bonchev–Trinajstić information content (AvgIpc) is 2.35. The number of hydrogen-bond acceptors (Lipinski definition) is 2. The molecule has 0 fully saturated rings. The van der Waals surface area contributed by atoms with Crippen molar-refractivity contribution in [2.45, 2.75) is 39.7 Å². The summed E-state index contributed by atoms with van der Waals surface area (Å²) >= 11 is 0. The Labute approximate surface area is 119 Å². The molecule has 1 rings (SSSR count). The molecule has 0 aliphatic heterocycles. The Morgan fingerprint density at radius 1 is 1.15 bits per heavy atom. The summed E-state index contributed by atoms with van der Waals surface area (Å²) in [6, 6.07) is 6.98. The van der Waals surface area contributed by atoms with Gasteiger partial charge in [-0.2, -0.15) is 0 Å². The van der Waals surface area contributed by atoms with Gasteiger partial charge in [0.25, 0.3) is 0 Å². The predicted octanol–water partition coefficient (Wildman–Crippen LogP) is 3.14. The molecular formula is C15H22N2O3. The van der Waals surface area contributed by atoms with Crippen molar-refractivity contribution < 1.29 is 14.7 Å². The number of carboxylic acids is 1. The van der Waals surface area contributed by atoms with Gasteiger partial charge in [-0.3, -0.25) is 4.79 Å². The van der Waals surface area contributed by atoms with Gasteiger partial charge in [0.15, 0.2) is 0 Å². The Balaban J connectivity index is 2.75. The summed E-state index contributed by atoms with van der Waals surface area (Å²) in [5, 5.41) is 11.5. The first-order valence-corrected chi connectivity index (χ1v) is 6.70. The fourth-order valence-electron chi connectivity index (χ4n) is 1.78. The molecule has 1 aromatic rings. The van der Waals surface area contributed by atoms with E-state index in [2.05, 4.69) is 19.2 Å². The van der Waals surface area contributed by atoms with E-state index in [1.165, 1.54) is 10.5 Å². The van der Waals surface area contributed by atoms with Gasteiger partial charge < -0.3 is 15.3 Å². The zero-order chi connectivity index (χ0) is 15.3. The van der Waals surface area contributed by atoms with E-state index < -0.39 is 12.0 Å². The highest BCUT2D eigenvalue weighted by Crippen LogP contribution is 2.17. The van der Waals surface area contributed by atoms with Gasteiger partial charge in [0.2, 0.25) is 0 Å². The van der Waals surface area contributed by atoms with Crippen molar-refractivity contribution in [2.24, 2.45) is 0 Å². The molecular weight excluding hydrogens is 256 g/mol. The van der Waals surface area contributed by atoms with Crippen LogP contribution in [0.2, 0.25) is 0 Å². The Morgan fingerprint density at radius 2 is 1.70 bits per heavy atom. The van der Waals surface area contributed by atoms with Crippen LogP contribution in [-0.2, 0) is 4.79 Å². The minimum Gasteiger partial charge on any atom is -0.480 e. The SMILES string of the molecule is CC(C)c1ccc(NC(=O)N(CC(=O)O)C(C)C)cc1. The molecule has 0 saturated carbocycles. The third kappa shape index (κ3) is 4.57. The zero-order valence-electron chi connectivity index (χ0n) is 12.4. The van der Waals surface area contributed by atoms with E-state index in [1.807, 2.05) is 24.3 Å². The zero-order valence-corrected chi connectivity index (χ0v) is 12.4. The lowest BCUT2D eigenvalue weighted by atomic mass is 10.0. The monoisotopic (exact) mass is 278 g/mol. The highest BCUT2D eigenvalue weighted by atomic mass is 16.4. The van der Waals surface area contributed by atoms with E-state index in [0.717, 1.165) is 0 Å². The van der Waals surface area contributed by atoms with Crippen molar-refractivity contribution >= 4 is 17.7 Å². The van der Waals surface area contributed by atoms with E-state index in [4.69, 9.17) is 5.11 Å². The number of anilines is 1. The summed E-state index contributed by atoms with van der Waals surface area (Å²) < 4.78 is 0. The van der Waals surface area contributed by atoms with Crippen molar-refractivity contribution in [3.63, 3.8) is 0 Å². The van der Waals surface area contributed by atoms with Gasteiger partial charge in [0, 0.05) is 11.7 Å². The van der Waals surface area contributed by atoms with E-state index >= 15 is 0 Å². The van der Waals surface area contributed by atoms with Gasteiger partial charge in [-0.05, 0) is 37.5 Å². The fraction of sp³-hybridized carbons (Fsp3) is 0.467. The summed E-state index contributed by atoms with van der Waals surface area (Å²) in [6.45, 7) is 7.45. The molecule has 2 amide bonds. The highest BCUT2D eigenvalue weighted by Gasteiger charge is 2.19. The number of benzene rings is 1. The maximum Gasteiger partial charge on any atom is 0.323 e. The van der Waals surface area contributed by atoms with Gasteiger partial charge in [-0.1, -0.05) is 26.0 Å². The normalized spacial score (nSPS) is 10.7. The molecule has 0 aliphatic carbocycles. The molecule has 0 aliphatic rings. The average molecular weight is 278 g/mol. The summed E-state index contributed by atoms with van der Waals surface area (Å²) in [7, 11) is 0. The number of urea groups is 1. The summed E-state index contributed by atoms with van der Waals surface area (Å²) in [5.41, 5.74) is 1.85. The number of nitrogens with one attached hydrogen (secondary N) is 1. The van der Waals surface area contributed by atoms with Gasteiger partial charge in [-0.25, -0.2) is 4.79 Å². The van der Waals surface area contributed by atoms with E-state index in [0.29, 0.717) is 11.6 Å². The molecule has 20 heavy (non-hydrogen) atoms. The van der Waals surface area contributed by atoms with Crippen molar-refractivity contribution in [1.82, 2.24) is 4.90 Å². The smallest absolute Gasteiger partial charge is 0.323 e. The van der Waals surface area contributed by atoms with Crippen LogP contribution in [0, 0.1) is 0 Å². The first kappa shape index (κ1) is 16.0. The van der Waals surface area contributed by atoms with Crippen LogP contribution in [0.3, 0.4) is 0 Å². The van der Waals surface area contributed by atoms with E-state index in [9.17, 15) is 9.59 Å². The van der Waals surface area contributed by atoms with E-state index in [1.54, 1.807) is 13.8 Å². The lowest BCUT2D eigenvalue weighted by Gasteiger charge is -2.25. The van der Waals surface area contributed by atoms with Crippen molar-refractivity contribution in [1.29, 1.82) is 0 Å². The van der Waals surface area contributed by atoms with Crippen LogP contribution in [0.15, 0.2) is 24.3 Å². The molecule has 5 heteroatoms. The third-order valence-corrected chi connectivity index (χ3v) is 3.02. The van der Waals surface area contributed by atoms with Crippen molar-refractivity contribution in [3.05, 3.63) is 29.8 Å². The van der Waals surface area contributed by atoms with Gasteiger partial charge in [0.1, 0.15) is 6.54 Å². The number of carbonyl (C=O) groups is 2. The topological polar surface area (TPSA) is 69.6 Å². The molecule has 0 radical (unpaired) electrons.